The Bertz CT molecular complexity index is 424. The molecule has 1 aromatic carbocycles. The van der Waals surface area contributed by atoms with Crippen LogP contribution in [-0.4, -0.2) is 36.6 Å². The van der Waals surface area contributed by atoms with Crippen molar-refractivity contribution in [2.75, 3.05) is 19.6 Å². The van der Waals surface area contributed by atoms with Crippen molar-refractivity contribution in [1.82, 2.24) is 10.2 Å². The molecule has 1 aliphatic heterocycles. The largest absolute Gasteiger partial charge is 0.311 e. The fraction of sp³-hybridized carbons (Fsp3) is 0.684. The van der Waals surface area contributed by atoms with Crippen LogP contribution in [0.3, 0.4) is 0 Å². The molecule has 1 aliphatic rings. The van der Waals surface area contributed by atoms with E-state index in [9.17, 15) is 0 Å². The lowest BCUT2D eigenvalue weighted by Gasteiger charge is -2.44. The second kappa shape index (κ2) is 6.93. The predicted octanol–water partition coefficient (Wildman–Crippen LogP) is 3.57. The molecule has 2 heteroatoms. The van der Waals surface area contributed by atoms with Gasteiger partial charge in [-0.2, -0.15) is 0 Å². The van der Waals surface area contributed by atoms with E-state index in [0.29, 0.717) is 23.4 Å². The first-order valence-corrected chi connectivity index (χ1v) is 8.40. The SMILES string of the molecule is CC1CNC(Cc2ccccc2)CN1CC(C)(C)C(C)C. The lowest BCUT2D eigenvalue weighted by molar-refractivity contribution is 0.0708. The highest BCUT2D eigenvalue weighted by atomic mass is 15.2. The lowest BCUT2D eigenvalue weighted by Crippen LogP contribution is -2.58. The van der Waals surface area contributed by atoms with Crippen molar-refractivity contribution >= 4 is 0 Å². The van der Waals surface area contributed by atoms with Crippen LogP contribution >= 0.6 is 0 Å². The maximum absolute atomic E-state index is 3.72. The molecule has 118 valence electrons. The summed E-state index contributed by atoms with van der Waals surface area (Å²) in [6, 6.07) is 12.1. The standard InChI is InChI=1S/C19H32N2/c1-15(2)19(4,5)14-21-13-18(20-12-16(21)3)11-17-9-7-6-8-10-17/h6-10,15-16,18,20H,11-14H2,1-5H3. The van der Waals surface area contributed by atoms with Crippen molar-refractivity contribution < 1.29 is 0 Å². The van der Waals surface area contributed by atoms with Crippen LogP contribution in [0, 0.1) is 11.3 Å². The van der Waals surface area contributed by atoms with Gasteiger partial charge in [-0.15, -0.1) is 0 Å². The molecule has 2 unspecified atom stereocenters. The van der Waals surface area contributed by atoms with E-state index in [0.717, 1.165) is 19.5 Å². The van der Waals surface area contributed by atoms with E-state index in [2.05, 4.69) is 75.2 Å². The molecule has 2 nitrogen and oxygen atoms in total. The van der Waals surface area contributed by atoms with E-state index in [-0.39, 0.29) is 0 Å². The van der Waals surface area contributed by atoms with Gasteiger partial charge in [0.1, 0.15) is 0 Å². The molecule has 2 atom stereocenters. The quantitative estimate of drug-likeness (QED) is 0.891. The molecular weight excluding hydrogens is 256 g/mol. The van der Waals surface area contributed by atoms with Crippen LogP contribution in [0.1, 0.15) is 40.2 Å². The van der Waals surface area contributed by atoms with E-state index in [1.165, 1.54) is 12.1 Å². The molecule has 1 saturated heterocycles. The van der Waals surface area contributed by atoms with E-state index >= 15 is 0 Å². The molecule has 0 aromatic heterocycles. The van der Waals surface area contributed by atoms with E-state index in [4.69, 9.17) is 0 Å². The third kappa shape index (κ3) is 4.55. The van der Waals surface area contributed by atoms with E-state index in [1.807, 2.05) is 0 Å². The van der Waals surface area contributed by atoms with Crippen molar-refractivity contribution in [3.05, 3.63) is 35.9 Å². The summed E-state index contributed by atoms with van der Waals surface area (Å²) in [4.78, 5) is 2.68. The van der Waals surface area contributed by atoms with Gasteiger partial charge in [-0.05, 0) is 30.2 Å². The van der Waals surface area contributed by atoms with Gasteiger partial charge in [0.05, 0.1) is 0 Å². The van der Waals surface area contributed by atoms with Crippen LogP contribution in [-0.2, 0) is 6.42 Å². The molecule has 0 saturated carbocycles. The maximum Gasteiger partial charge on any atom is 0.0236 e. The van der Waals surface area contributed by atoms with Gasteiger partial charge < -0.3 is 5.32 Å². The number of piperazine rings is 1. The van der Waals surface area contributed by atoms with Gasteiger partial charge in [-0.3, -0.25) is 4.90 Å². The molecular formula is C19H32N2. The summed E-state index contributed by atoms with van der Waals surface area (Å²) in [5.74, 6) is 0.715. The molecule has 0 spiro atoms. The summed E-state index contributed by atoms with van der Waals surface area (Å²) in [6.45, 7) is 15.3. The van der Waals surface area contributed by atoms with Gasteiger partial charge in [0, 0.05) is 31.7 Å². The Kier molecular flexibility index (Phi) is 5.45. The Labute approximate surface area is 130 Å². The van der Waals surface area contributed by atoms with Gasteiger partial charge in [0.2, 0.25) is 0 Å². The topological polar surface area (TPSA) is 15.3 Å². The fourth-order valence-electron chi connectivity index (χ4n) is 2.96. The first-order valence-electron chi connectivity index (χ1n) is 8.40. The Balaban J connectivity index is 1.96. The summed E-state index contributed by atoms with van der Waals surface area (Å²) in [5.41, 5.74) is 1.82. The molecule has 0 bridgehead atoms. The monoisotopic (exact) mass is 288 g/mol. The summed E-state index contributed by atoms with van der Waals surface area (Å²) in [6.07, 6.45) is 1.13. The number of hydrogen-bond acceptors (Lipinski definition) is 2. The third-order valence-electron chi connectivity index (χ3n) is 5.28. The highest BCUT2D eigenvalue weighted by Crippen LogP contribution is 2.28. The highest BCUT2D eigenvalue weighted by Gasteiger charge is 2.31. The van der Waals surface area contributed by atoms with Crippen LogP contribution in [0.2, 0.25) is 0 Å². The smallest absolute Gasteiger partial charge is 0.0236 e. The van der Waals surface area contributed by atoms with Crippen LogP contribution in [0.25, 0.3) is 0 Å². The van der Waals surface area contributed by atoms with Crippen molar-refractivity contribution in [3.63, 3.8) is 0 Å². The average Bonchev–Trinajstić information content (AvgIpc) is 2.43. The number of nitrogens with zero attached hydrogens (tertiary/aromatic N) is 1. The normalized spacial score (nSPS) is 24.5. The molecule has 21 heavy (non-hydrogen) atoms. The average molecular weight is 288 g/mol. The van der Waals surface area contributed by atoms with E-state index in [1.54, 1.807) is 0 Å². The van der Waals surface area contributed by atoms with Crippen LogP contribution in [0.4, 0.5) is 0 Å². The first-order chi connectivity index (χ1) is 9.88. The molecule has 2 rings (SSSR count). The highest BCUT2D eigenvalue weighted by molar-refractivity contribution is 5.16. The Morgan fingerprint density at radius 3 is 2.52 bits per heavy atom. The number of nitrogens with one attached hydrogen (secondary N) is 1. The molecule has 0 amide bonds. The zero-order valence-corrected chi connectivity index (χ0v) is 14.4. The number of rotatable bonds is 5. The minimum atomic E-state index is 0.378. The van der Waals surface area contributed by atoms with Crippen molar-refractivity contribution in [3.8, 4) is 0 Å². The Hall–Kier alpha value is -0.860. The van der Waals surface area contributed by atoms with Gasteiger partial charge >= 0.3 is 0 Å². The van der Waals surface area contributed by atoms with Gasteiger partial charge in [0.15, 0.2) is 0 Å². The first kappa shape index (κ1) is 16.5. The number of benzene rings is 1. The number of hydrogen-bond donors (Lipinski definition) is 1. The maximum atomic E-state index is 3.72. The third-order valence-corrected chi connectivity index (χ3v) is 5.28. The van der Waals surface area contributed by atoms with Crippen LogP contribution in [0.5, 0.6) is 0 Å². The zero-order valence-electron chi connectivity index (χ0n) is 14.4. The molecule has 1 N–H and O–H groups in total. The van der Waals surface area contributed by atoms with Gasteiger partial charge in [0.25, 0.3) is 0 Å². The lowest BCUT2D eigenvalue weighted by atomic mass is 9.80. The summed E-state index contributed by atoms with van der Waals surface area (Å²) in [7, 11) is 0. The summed E-state index contributed by atoms with van der Waals surface area (Å²) in [5, 5.41) is 3.72. The minimum absolute atomic E-state index is 0.378. The Morgan fingerprint density at radius 1 is 1.24 bits per heavy atom. The predicted molar refractivity (Wildman–Crippen MR) is 91.6 cm³/mol. The Morgan fingerprint density at radius 2 is 1.90 bits per heavy atom. The molecule has 0 aliphatic carbocycles. The second-order valence-electron chi connectivity index (χ2n) is 7.72. The minimum Gasteiger partial charge on any atom is -0.311 e. The molecule has 1 fully saturated rings. The van der Waals surface area contributed by atoms with E-state index < -0.39 is 0 Å². The fourth-order valence-corrected chi connectivity index (χ4v) is 2.96. The second-order valence-corrected chi connectivity index (χ2v) is 7.72. The zero-order chi connectivity index (χ0) is 15.5. The van der Waals surface area contributed by atoms with Crippen molar-refractivity contribution in [2.24, 2.45) is 11.3 Å². The molecule has 1 aromatic rings. The molecule has 0 radical (unpaired) electrons. The van der Waals surface area contributed by atoms with Gasteiger partial charge in [-0.1, -0.05) is 58.0 Å². The molecule has 1 heterocycles. The van der Waals surface area contributed by atoms with Crippen molar-refractivity contribution in [1.29, 1.82) is 0 Å². The van der Waals surface area contributed by atoms with Crippen LogP contribution in [0.15, 0.2) is 30.3 Å². The summed E-state index contributed by atoms with van der Waals surface area (Å²) < 4.78 is 0. The van der Waals surface area contributed by atoms with Crippen molar-refractivity contribution in [2.45, 2.75) is 53.1 Å². The van der Waals surface area contributed by atoms with Gasteiger partial charge in [-0.25, -0.2) is 0 Å². The summed E-state index contributed by atoms with van der Waals surface area (Å²) >= 11 is 0. The van der Waals surface area contributed by atoms with Crippen LogP contribution < -0.4 is 5.32 Å².